The Kier molecular flexibility index (Phi) is 3.09. The van der Waals surface area contributed by atoms with E-state index in [4.69, 9.17) is 0 Å². The van der Waals surface area contributed by atoms with Crippen LogP contribution < -0.4 is 0 Å². The lowest BCUT2D eigenvalue weighted by Crippen LogP contribution is -2.32. The maximum Gasteiger partial charge on any atom is 0.169 e. The summed E-state index contributed by atoms with van der Waals surface area (Å²) in [6, 6.07) is 0. The fourth-order valence-corrected chi connectivity index (χ4v) is 5.27. The number of hydrogen-bond donors (Lipinski definition) is 0. The van der Waals surface area contributed by atoms with Crippen molar-refractivity contribution in [2.24, 2.45) is 5.92 Å². The SMILES string of the molecule is CCn1cc(C(=O)C2CC3CCC(C2)S3=O)cn1. The van der Waals surface area contributed by atoms with Gasteiger partial charge in [0.15, 0.2) is 5.78 Å². The lowest BCUT2D eigenvalue weighted by molar-refractivity contribution is 0.0906. The predicted octanol–water partition coefficient (Wildman–Crippen LogP) is 1.78. The molecule has 3 heterocycles. The molecule has 2 unspecified atom stereocenters. The van der Waals surface area contributed by atoms with E-state index < -0.39 is 10.8 Å². The zero-order valence-electron chi connectivity index (χ0n) is 10.5. The first kappa shape index (κ1) is 12.1. The third-order valence-electron chi connectivity index (χ3n) is 4.18. The molecule has 2 aliphatic rings. The molecule has 1 aromatic rings. The number of rotatable bonds is 3. The third kappa shape index (κ3) is 1.94. The highest BCUT2D eigenvalue weighted by Crippen LogP contribution is 2.39. The summed E-state index contributed by atoms with van der Waals surface area (Å²) in [5.74, 6) is 0.262. The van der Waals surface area contributed by atoms with Gasteiger partial charge in [-0.15, -0.1) is 0 Å². The van der Waals surface area contributed by atoms with Gasteiger partial charge < -0.3 is 0 Å². The zero-order valence-corrected chi connectivity index (χ0v) is 11.4. The minimum absolute atomic E-state index is 0.0645. The van der Waals surface area contributed by atoms with Crippen LogP contribution in [0.2, 0.25) is 0 Å². The molecule has 0 aromatic carbocycles. The van der Waals surface area contributed by atoms with Crippen LogP contribution in [0.25, 0.3) is 0 Å². The Balaban J connectivity index is 1.76. The second kappa shape index (κ2) is 4.61. The Bertz CT molecular complexity index is 481. The van der Waals surface area contributed by atoms with E-state index in [0.29, 0.717) is 5.56 Å². The van der Waals surface area contributed by atoms with Gasteiger partial charge in [-0.05, 0) is 32.6 Å². The Morgan fingerprint density at radius 1 is 1.44 bits per heavy atom. The number of aryl methyl sites for hydroxylation is 1. The van der Waals surface area contributed by atoms with E-state index in [1.807, 2.05) is 13.1 Å². The maximum absolute atomic E-state index is 12.4. The number of carbonyl (C=O) groups is 1. The molecule has 0 radical (unpaired) electrons. The molecule has 2 fully saturated rings. The average Bonchev–Trinajstić information content (AvgIpc) is 2.91. The minimum Gasteiger partial charge on any atom is -0.294 e. The highest BCUT2D eigenvalue weighted by Gasteiger charge is 2.42. The van der Waals surface area contributed by atoms with E-state index in [-0.39, 0.29) is 22.2 Å². The van der Waals surface area contributed by atoms with Gasteiger partial charge in [-0.3, -0.25) is 13.7 Å². The van der Waals surface area contributed by atoms with Gasteiger partial charge in [0.05, 0.1) is 11.8 Å². The summed E-state index contributed by atoms with van der Waals surface area (Å²) in [4.78, 5) is 12.4. The van der Waals surface area contributed by atoms with Crippen molar-refractivity contribution >= 4 is 16.6 Å². The fourth-order valence-electron chi connectivity index (χ4n) is 3.15. The largest absolute Gasteiger partial charge is 0.294 e. The number of carbonyl (C=O) groups excluding carboxylic acids is 1. The molecule has 0 N–H and O–H groups in total. The molecule has 18 heavy (non-hydrogen) atoms. The summed E-state index contributed by atoms with van der Waals surface area (Å²) < 4.78 is 13.7. The van der Waals surface area contributed by atoms with Crippen molar-refractivity contribution in [2.75, 3.05) is 0 Å². The van der Waals surface area contributed by atoms with Crippen LogP contribution in [0, 0.1) is 5.92 Å². The normalized spacial score (nSPS) is 34.7. The summed E-state index contributed by atoms with van der Waals surface area (Å²) in [5.41, 5.74) is 0.717. The number of nitrogens with zero attached hydrogens (tertiary/aromatic N) is 2. The van der Waals surface area contributed by atoms with E-state index in [1.54, 1.807) is 10.9 Å². The first-order chi connectivity index (χ1) is 8.69. The van der Waals surface area contributed by atoms with E-state index in [1.165, 1.54) is 0 Å². The second-order valence-corrected chi connectivity index (χ2v) is 7.26. The Morgan fingerprint density at radius 3 is 2.67 bits per heavy atom. The summed E-state index contributed by atoms with van der Waals surface area (Å²) in [7, 11) is -0.682. The summed E-state index contributed by atoms with van der Waals surface area (Å²) >= 11 is 0. The van der Waals surface area contributed by atoms with Gasteiger partial charge in [0.25, 0.3) is 0 Å². The minimum atomic E-state index is -0.682. The molecule has 4 nitrogen and oxygen atoms in total. The third-order valence-corrected chi connectivity index (χ3v) is 6.35. The lowest BCUT2D eigenvalue weighted by atomic mass is 9.92. The summed E-state index contributed by atoms with van der Waals surface area (Å²) in [6.07, 6.45) is 7.18. The van der Waals surface area contributed by atoms with Gasteiger partial charge in [-0.25, -0.2) is 0 Å². The summed E-state index contributed by atoms with van der Waals surface area (Å²) in [5, 5.41) is 4.68. The Morgan fingerprint density at radius 2 is 2.11 bits per heavy atom. The molecule has 2 bridgehead atoms. The van der Waals surface area contributed by atoms with Gasteiger partial charge in [-0.2, -0.15) is 5.10 Å². The molecule has 1 aromatic heterocycles. The van der Waals surface area contributed by atoms with Crippen LogP contribution in [0.15, 0.2) is 12.4 Å². The molecule has 0 saturated carbocycles. The average molecular weight is 266 g/mol. The van der Waals surface area contributed by atoms with Crippen LogP contribution in [-0.4, -0.2) is 30.3 Å². The topological polar surface area (TPSA) is 52.0 Å². The van der Waals surface area contributed by atoms with E-state index in [0.717, 1.165) is 32.2 Å². The molecule has 3 rings (SSSR count). The van der Waals surface area contributed by atoms with Crippen molar-refractivity contribution in [1.82, 2.24) is 9.78 Å². The molecule has 2 atom stereocenters. The van der Waals surface area contributed by atoms with Gasteiger partial charge in [0, 0.05) is 40.0 Å². The molecule has 2 saturated heterocycles. The van der Waals surface area contributed by atoms with E-state index in [9.17, 15) is 9.00 Å². The number of Topliss-reactive ketones (excluding diaryl/α,β-unsaturated/α-hetero) is 1. The van der Waals surface area contributed by atoms with Crippen LogP contribution in [0.3, 0.4) is 0 Å². The van der Waals surface area contributed by atoms with Crippen molar-refractivity contribution in [2.45, 2.75) is 49.7 Å². The van der Waals surface area contributed by atoms with Crippen molar-refractivity contribution in [3.05, 3.63) is 18.0 Å². The molecule has 0 aliphatic carbocycles. The quantitative estimate of drug-likeness (QED) is 0.784. The molecule has 2 aliphatic heterocycles. The van der Waals surface area contributed by atoms with Gasteiger partial charge in [-0.1, -0.05) is 0 Å². The van der Waals surface area contributed by atoms with Gasteiger partial charge in [0.2, 0.25) is 0 Å². The maximum atomic E-state index is 12.4. The number of fused-ring (bicyclic) bond motifs is 2. The van der Waals surface area contributed by atoms with Gasteiger partial charge in [0.1, 0.15) is 0 Å². The number of ketones is 1. The standard InChI is InChI=1S/C13H18N2O2S/c1-2-15-8-10(7-14-15)13(16)9-5-11-3-4-12(6-9)18(11)17/h7-9,11-12H,2-6H2,1H3. The highest BCUT2D eigenvalue weighted by molar-refractivity contribution is 7.86. The van der Waals surface area contributed by atoms with Crippen molar-refractivity contribution in [3.8, 4) is 0 Å². The Labute approximate surface area is 109 Å². The smallest absolute Gasteiger partial charge is 0.169 e. The van der Waals surface area contributed by atoms with Crippen LogP contribution in [0.5, 0.6) is 0 Å². The molecule has 0 amide bonds. The zero-order chi connectivity index (χ0) is 12.7. The van der Waals surface area contributed by atoms with Gasteiger partial charge >= 0.3 is 0 Å². The van der Waals surface area contributed by atoms with Crippen LogP contribution in [0.1, 0.15) is 43.0 Å². The van der Waals surface area contributed by atoms with Crippen LogP contribution >= 0.6 is 0 Å². The number of aromatic nitrogens is 2. The fraction of sp³-hybridized carbons (Fsp3) is 0.692. The molecule has 0 spiro atoms. The first-order valence-electron chi connectivity index (χ1n) is 6.65. The van der Waals surface area contributed by atoms with Crippen LogP contribution in [0.4, 0.5) is 0 Å². The molecule has 5 heteroatoms. The van der Waals surface area contributed by atoms with E-state index >= 15 is 0 Å². The monoisotopic (exact) mass is 266 g/mol. The number of hydrogen-bond acceptors (Lipinski definition) is 3. The van der Waals surface area contributed by atoms with Crippen molar-refractivity contribution in [1.29, 1.82) is 0 Å². The van der Waals surface area contributed by atoms with Crippen molar-refractivity contribution < 1.29 is 9.00 Å². The second-order valence-electron chi connectivity index (χ2n) is 5.27. The predicted molar refractivity (Wildman–Crippen MR) is 69.9 cm³/mol. The van der Waals surface area contributed by atoms with E-state index in [2.05, 4.69) is 5.10 Å². The van der Waals surface area contributed by atoms with Crippen molar-refractivity contribution in [3.63, 3.8) is 0 Å². The molecular weight excluding hydrogens is 248 g/mol. The first-order valence-corrected chi connectivity index (χ1v) is 7.92. The summed E-state index contributed by atoms with van der Waals surface area (Å²) in [6.45, 7) is 2.79. The molecular formula is C13H18N2O2S. The molecule has 98 valence electrons. The van der Waals surface area contributed by atoms with Crippen LogP contribution in [-0.2, 0) is 17.3 Å². The highest BCUT2D eigenvalue weighted by atomic mass is 32.2. The lowest BCUT2D eigenvalue weighted by Gasteiger charge is -2.25. The Hall–Kier alpha value is -0.970.